The molecule has 1 aromatic carbocycles. The van der Waals surface area contributed by atoms with Crippen LogP contribution in [0.5, 0.6) is 0 Å². The Morgan fingerprint density at radius 3 is 2.64 bits per heavy atom. The van der Waals surface area contributed by atoms with Gasteiger partial charge in [0, 0.05) is 25.2 Å². The molecule has 3 unspecified atom stereocenters. The Morgan fingerprint density at radius 1 is 1.20 bits per heavy atom. The normalized spacial score (nSPS) is 18.1. The molecule has 0 bridgehead atoms. The van der Waals surface area contributed by atoms with Crippen LogP contribution in [0.3, 0.4) is 0 Å². The van der Waals surface area contributed by atoms with Crippen molar-refractivity contribution < 1.29 is 48.4 Å². The third-order valence-corrected chi connectivity index (χ3v) is 6.16. The lowest BCUT2D eigenvalue weighted by molar-refractivity contribution is -0.383. The summed E-state index contributed by atoms with van der Waals surface area (Å²) in [6.45, 7) is 1.16. The summed E-state index contributed by atoms with van der Waals surface area (Å²) in [6.07, 6.45) is 1.51. The summed E-state index contributed by atoms with van der Waals surface area (Å²) in [5, 5.41) is 58.1. The number of aromatic nitrogens is 5. The number of aliphatic hydroxyl groups is 3. The number of hydrogen-bond donors (Lipinski definition) is 5. The molecule has 2 aromatic heterocycles. The molecule has 0 aliphatic carbocycles. The number of carbonyl (C=O) groups is 1. The van der Waals surface area contributed by atoms with Gasteiger partial charge >= 0.3 is 5.69 Å². The predicted octanol–water partition coefficient (Wildman–Crippen LogP) is -0.448. The maximum absolute atomic E-state index is 13.1. The second-order valence-corrected chi connectivity index (χ2v) is 9.77. The molecule has 244 valence electrons. The van der Waals surface area contributed by atoms with Crippen LogP contribution < -0.4 is 10.2 Å². The molecule has 3 aromatic rings. The van der Waals surface area contributed by atoms with Gasteiger partial charge in [-0.15, -0.1) is 5.10 Å². The van der Waals surface area contributed by atoms with Crippen LogP contribution in [0.15, 0.2) is 23.0 Å². The maximum atomic E-state index is 13.1. The highest BCUT2D eigenvalue weighted by atomic mass is 32.2. The highest BCUT2D eigenvalue weighted by molar-refractivity contribution is 7.93. The minimum atomic E-state index is -0.814. The van der Waals surface area contributed by atoms with Crippen LogP contribution in [-0.2, 0) is 32.1 Å². The van der Waals surface area contributed by atoms with Gasteiger partial charge in [0.25, 0.3) is 0 Å². The first-order valence-corrected chi connectivity index (χ1v) is 14.7. The van der Waals surface area contributed by atoms with Gasteiger partial charge in [-0.3, -0.25) is 14.9 Å². The molecular weight excluding hydrogens is 608 g/mol. The Hall–Kier alpha value is -3.50. The van der Waals surface area contributed by atoms with E-state index >= 15 is 0 Å². The molecule has 44 heavy (non-hydrogen) atoms. The van der Waals surface area contributed by atoms with Crippen molar-refractivity contribution in [2.45, 2.75) is 44.4 Å². The first-order valence-electron chi connectivity index (χ1n) is 13.5. The smallest absolute Gasteiger partial charge is 0.300 e. The fraction of sp³-hybridized carbons (Fsp3) is 0.625. The number of anilines is 1. The van der Waals surface area contributed by atoms with Crippen LogP contribution in [0.2, 0.25) is 0 Å². The minimum Gasteiger partial charge on any atom is -0.394 e. The third kappa shape index (κ3) is 10.6. The summed E-state index contributed by atoms with van der Waals surface area (Å²) in [4.78, 5) is 25.5. The van der Waals surface area contributed by atoms with Gasteiger partial charge in [0.2, 0.25) is 11.4 Å². The van der Waals surface area contributed by atoms with Crippen molar-refractivity contribution in [1.29, 1.82) is 0 Å². The number of aliphatic hydroxyl groups excluding tert-OH is 3. The summed E-state index contributed by atoms with van der Waals surface area (Å²) >= 11 is 0.750. The lowest BCUT2D eigenvalue weighted by atomic mass is 10.0. The molecule has 1 saturated heterocycles. The van der Waals surface area contributed by atoms with Crippen molar-refractivity contribution in [2.75, 3.05) is 57.3 Å². The first-order chi connectivity index (χ1) is 21.3. The van der Waals surface area contributed by atoms with E-state index in [0.29, 0.717) is 37.7 Å². The van der Waals surface area contributed by atoms with E-state index in [1.807, 2.05) is 0 Å². The predicted molar refractivity (Wildman–Crippen MR) is 154 cm³/mol. The van der Waals surface area contributed by atoms with Gasteiger partial charge in [0.15, 0.2) is 5.52 Å². The second-order valence-electron chi connectivity index (χ2n) is 9.40. The fourth-order valence-corrected chi connectivity index (χ4v) is 4.33. The SMILES string of the molecule is CSO.O=C(CN(Cc1cn(CCOCCOCCO)nn1)c1ccc([N+](=O)[O-])c2nonc12)NC1CC(O)CC(CO)O1. The number of carbonyl (C=O) groups excluding carboxylic acids is 1. The number of nitro groups is 1. The first kappa shape index (κ1) is 35.0. The van der Waals surface area contributed by atoms with Gasteiger partial charge in [-0.1, -0.05) is 5.21 Å². The quantitative estimate of drug-likeness (QED) is 0.0573. The number of nitro benzene ring substituents is 1. The summed E-state index contributed by atoms with van der Waals surface area (Å²) in [5.41, 5.74) is 0.520. The monoisotopic (exact) mass is 644 g/mol. The number of hydrogen-bond acceptors (Lipinski definition) is 17. The zero-order chi connectivity index (χ0) is 31.9. The van der Waals surface area contributed by atoms with E-state index in [-0.39, 0.29) is 62.5 Å². The molecule has 1 aliphatic heterocycles. The van der Waals surface area contributed by atoms with E-state index in [1.165, 1.54) is 12.1 Å². The lowest BCUT2D eigenvalue weighted by Crippen LogP contribution is -2.49. The standard InChI is InChI=1S/C23H32N8O10.CH4OS/c32-4-6-39-8-7-38-5-3-30-12-15(25-28-30)11-29(13-20(35)24-21-10-16(34)9-17(14-33)40-21)18-1-2-19(31(36)37)23-22(18)26-41-27-23;1-3-2/h1-2,12,16-17,21,32-34H,3-11,13-14H2,(H,24,35);2H,1H3. The summed E-state index contributed by atoms with van der Waals surface area (Å²) in [6, 6.07) is 2.69. The largest absolute Gasteiger partial charge is 0.394 e. The third-order valence-electron chi connectivity index (χ3n) is 6.16. The second kappa shape index (κ2) is 18.3. The van der Waals surface area contributed by atoms with Gasteiger partial charge in [0.05, 0.1) is 88.3 Å². The van der Waals surface area contributed by atoms with E-state index in [4.69, 9.17) is 28.5 Å². The van der Waals surface area contributed by atoms with Crippen molar-refractivity contribution >= 4 is 40.4 Å². The van der Waals surface area contributed by atoms with Gasteiger partial charge in [0.1, 0.15) is 11.9 Å². The van der Waals surface area contributed by atoms with E-state index < -0.39 is 29.3 Å². The van der Waals surface area contributed by atoms with Gasteiger partial charge in [-0.2, -0.15) is 0 Å². The molecule has 0 radical (unpaired) electrons. The Kier molecular flexibility index (Phi) is 14.6. The molecule has 4 rings (SSSR count). The topological polar surface area (TPSA) is 254 Å². The van der Waals surface area contributed by atoms with E-state index in [1.54, 1.807) is 22.0 Å². The number of fused-ring (bicyclic) bond motifs is 1. The molecule has 0 spiro atoms. The van der Waals surface area contributed by atoms with Crippen LogP contribution in [0.1, 0.15) is 18.5 Å². The highest BCUT2D eigenvalue weighted by Crippen LogP contribution is 2.32. The van der Waals surface area contributed by atoms with E-state index in [0.717, 1.165) is 12.0 Å². The van der Waals surface area contributed by atoms with E-state index in [9.17, 15) is 25.1 Å². The van der Waals surface area contributed by atoms with Gasteiger partial charge in [-0.25, -0.2) is 9.31 Å². The Labute approximate surface area is 255 Å². The molecule has 1 aliphatic rings. The van der Waals surface area contributed by atoms with Gasteiger partial charge in [-0.05, 0) is 28.4 Å². The zero-order valence-corrected chi connectivity index (χ0v) is 24.7. The maximum Gasteiger partial charge on any atom is 0.300 e. The lowest BCUT2D eigenvalue weighted by Gasteiger charge is -2.33. The Balaban J connectivity index is 0.00000169. The van der Waals surface area contributed by atoms with Crippen LogP contribution in [-0.4, -0.2) is 127 Å². The summed E-state index contributed by atoms with van der Waals surface area (Å²) in [7, 11) is 0. The van der Waals surface area contributed by atoms with Crippen molar-refractivity contribution in [3.05, 3.63) is 34.1 Å². The molecule has 1 fully saturated rings. The van der Waals surface area contributed by atoms with Crippen molar-refractivity contribution in [3.8, 4) is 0 Å². The van der Waals surface area contributed by atoms with Crippen molar-refractivity contribution in [3.63, 3.8) is 0 Å². The molecular formula is C24H36N8O11S. The summed E-state index contributed by atoms with van der Waals surface area (Å²) in [5.74, 6) is -0.479. The molecule has 3 atom stereocenters. The average molecular weight is 645 g/mol. The molecule has 20 heteroatoms. The number of non-ortho nitro benzene ring substituents is 1. The number of nitrogens with one attached hydrogen (secondary N) is 1. The summed E-state index contributed by atoms with van der Waals surface area (Å²) < 4.78 is 30.1. The van der Waals surface area contributed by atoms with Gasteiger partial charge < -0.3 is 44.3 Å². The van der Waals surface area contributed by atoms with Crippen LogP contribution in [0.25, 0.3) is 11.0 Å². The number of ether oxygens (including phenoxy) is 3. The highest BCUT2D eigenvalue weighted by Gasteiger charge is 2.30. The fourth-order valence-electron chi connectivity index (χ4n) is 4.33. The molecule has 3 heterocycles. The Morgan fingerprint density at radius 2 is 1.93 bits per heavy atom. The zero-order valence-electron chi connectivity index (χ0n) is 23.9. The number of amides is 1. The minimum absolute atomic E-state index is 0.0549. The Bertz CT molecular complexity index is 1310. The van der Waals surface area contributed by atoms with Crippen LogP contribution >= 0.6 is 12.0 Å². The molecule has 19 nitrogen and oxygen atoms in total. The van der Waals surface area contributed by atoms with Crippen LogP contribution in [0, 0.1) is 10.1 Å². The van der Waals surface area contributed by atoms with Crippen LogP contribution in [0.4, 0.5) is 11.4 Å². The molecule has 0 saturated carbocycles. The van der Waals surface area contributed by atoms with Crippen molar-refractivity contribution in [1.82, 2.24) is 30.6 Å². The molecule has 5 N–H and O–H groups in total. The van der Waals surface area contributed by atoms with Crippen molar-refractivity contribution in [2.24, 2.45) is 0 Å². The average Bonchev–Trinajstić information content (AvgIpc) is 3.66. The van der Waals surface area contributed by atoms with E-state index in [2.05, 4.69) is 25.9 Å². The molecule has 1 amide bonds. The number of benzene rings is 1. The number of nitrogens with zero attached hydrogens (tertiary/aromatic N) is 7. The number of rotatable bonds is 16.